The predicted octanol–water partition coefficient (Wildman–Crippen LogP) is 2.87. The third kappa shape index (κ3) is 3.07. The fourth-order valence-electron chi connectivity index (χ4n) is 3.87. The van der Waals surface area contributed by atoms with Crippen LogP contribution in [0.4, 0.5) is 0 Å². The van der Waals surface area contributed by atoms with E-state index in [2.05, 4.69) is 0 Å². The van der Waals surface area contributed by atoms with E-state index in [1.165, 1.54) is 6.07 Å². The van der Waals surface area contributed by atoms with Crippen LogP contribution in [0.3, 0.4) is 0 Å². The lowest BCUT2D eigenvalue weighted by atomic mass is 9.97. The molecule has 0 saturated carbocycles. The molecule has 4 rings (SSSR count). The molecule has 0 aliphatic carbocycles. The minimum absolute atomic E-state index is 0.140. The number of hydrogen-bond donors (Lipinski definition) is 1. The summed E-state index contributed by atoms with van der Waals surface area (Å²) in [6.45, 7) is 1.16. The number of nitrogens with zero attached hydrogens (tertiary/aromatic N) is 2. The number of likely N-dealkylation sites (tertiary alicyclic amines) is 1. The second-order valence-corrected chi connectivity index (χ2v) is 7.14. The van der Waals surface area contributed by atoms with Crippen LogP contribution in [0.15, 0.2) is 59.4 Å². The lowest BCUT2D eigenvalue weighted by Gasteiger charge is -2.18. The van der Waals surface area contributed by atoms with Crippen molar-refractivity contribution in [1.82, 2.24) is 9.47 Å². The highest BCUT2D eigenvalue weighted by Gasteiger charge is 2.29. The number of hydrogen-bond acceptors (Lipinski definition) is 3. The first-order chi connectivity index (χ1) is 13.5. The molecule has 6 nitrogen and oxygen atoms in total. The van der Waals surface area contributed by atoms with E-state index >= 15 is 0 Å². The van der Waals surface area contributed by atoms with Gasteiger partial charge in [0.1, 0.15) is 0 Å². The quantitative estimate of drug-likeness (QED) is 0.762. The van der Waals surface area contributed by atoms with Crippen LogP contribution in [-0.4, -0.2) is 39.5 Å². The smallest absolute Gasteiger partial charge is 0.335 e. The van der Waals surface area contributed by atoms with Gasteiger partial charge in [-0.05, 0) is 30.2 Å². The predicted molar refractivity (Wildman–Crippen MR) is 106 cm³/mol. The van der Waals surface area contributed by atoms with E-state index in [9.17, 15) is 14.4 Å². The van der Waals surface area contributed by atoms with Gasteiger partial charge in [0.05, 0.1) is 16.6 Å². The van der Waals surface area contributed by atoms with Crippen molar-refractivity contribution in [3.05, 3.63) is 81.6 Å². The van der Waals surface area contributed by atoms with Crippen LogP contribution >= 0.6 is 0 Å². The van der Waals surface area contributed by atoms with Crippen molar-refractivity contribution in [3.63, 3.8) is 0 Å². The number of amides is 1. The Bertz CT molecular complexity index is 1130. The van der Waals surface area contributed by atoms with Gasteiger partial charge < -0.3 is 14.6 Å². The third-order valence-electron chi connectivity index (χ3n) is 5.49. The zero-order chi connectivity index (χ0) is 19.8. The Hall–Kier alpha value is -3.41. The lowest BCUT2D eigenvalue weighted by Crippen LogP contribution is -2.30. The van der Waals surface area contributed by atoms with Crippen LogP contribution in [0.2, 0.25) is 0 Å². The molecule has 2 heterocycles. The SMILES string of the molecule is Cn1c(=O)cc(C(=O)N2CC[C@H](c3ccc(C(=O)O)cc3)C2)c2ccccc21. The molecule has 6 heteroatoms. The Morgan fingerprint density at radius 2 is 1.79 bits per heavy atom. The second kappa shape index (κ2) is 6.96. The van der Waals surface area contributed by atoms with Gasteiger partial charge in [-0.3, -0.25) is 9.59 Å². The molecule has 0 spiro atoms. The first-order valence-corrected chi connectivity index (χ1v) is 9.17. The molecule has 1 saturated heterocycles. The number of carbonyl (C=O) groups is 2. The van der Waals surface area contributed by atoms with Crippen LogP contribution < -0.4 is 5.56 Å². The summed E-state index contributed by atoms with van der Waals surface area (Å²) >= 11 is 0. The molecule has 0 radical (unpaired) electrons. The molecule has 142 valence electrons. The first kappa shape index (κ1) is 18.0. The highest BCUT2D eigenvalue weighted by Crippen LogP contribution is 2.29. The number of rotatable bonds is 3. The summed E-state index contributed by atoms with van der Waals surface area (Å²) in [4.78, 5) is 38.2. The largest absolute Gasteiger partial charge is 0.478 e. The average molecular weight is 376 g/mol. The molecule has 1 aromatic heterocycles. The topological polar surface area (TPSA) is 79.6 Å². The van der Waals surface area contributed by atoms with Gasteiger partial charge in [-0.2, -0.15) is 0 Å². The highest BCUT2D eigenvalue weighted by molar-refractivity contribution is 6.06. The summed E-state index contributed by atoms with van der Waals surface area (Å²) in [5.41, 5.74) is 2.23. The standard InChI is InChI=1S/C22H20N2O4/c1-23-19-5-3-2-4-17(19)18(12-20(23)25)21(26)24-11-10-16(13-24)14-6-8-15(9-7-14)22(27)28/h2-9,12,16H,10-11,13H2,1H3,(H,27,28)/t16-/m0/s1. The van der Waals surface area contributed by atoms with Crippen molar-refractivity contribution in [2.45, 2.75) is 12.3 Å². The highest BCUT2D eigenvalue weighted by atomic mass is 16.4. The number of pyridine rings is 1. The van der Waals surface area contributed by atoms with Crippen LogP contribution in [-0.2, 0) is 7.05 Å². The maximum atomic E-state index is 13.1. The molecule has 2 aromatic carbocycles. The number of carbonyl (C=O) groups excluding carboxylic acids is 1. The van der Waals surface area contributed by atoms with Gasteiger partial charge in [0.15, 0.2) is 0 Å². The number of aromatic nitrogens is 1. The summed E-state index contributed by atoms with van der Waals surface area (Å²) in [7, 11) is 1.70. The fraction of sp³-hybridized carbons (Fsp3) is 0.227. The molecular weight excluding hydrogens is 356 g/mol. The molecule has 1 N–H and O–H groups in total. The van der Waals surface area contributed by atoms with E-state index in [1.54, 1.807) is 28.6 Å². The van der Waals surface area contributed by atoms with Crippen molar-refractivity contribution in [3.8, 4) is 0 Å². The molecule has 1 aliphatic heterocycles. The molecule has 0 bridgehead atoms. The molecule has 1 atom stereocenters. The van der Waals surface area contributed by atoms with Crippen molar-refractivity contribution < 1.29 is 14.7 Å². The van der Waals surface area contributed by atoms with E-state index in [0.29, 0.717) is 18.7 Å². The number of para-hydroxylation sites is 1. The van der Waals surface area contributed by atoms with Crippen LogP contribution in [0, 0.1) is 0 Å². The van der Waals surface area contributed by atoms with Crippen LogP contribution in [0.5, 0.6) is 0 Å². The molecule has 1 fully saturated rings. The number of aromatic carboxylic acids is 1. The van der Waals surface area contributed by atoms with E-state index in [0.717, 1.165) is 22.9 Å². The van der Waals surface area contributed by atoms with Crippen molar-refractivity contribution in [2.75, 3.05) is 13.1 Å². The van der Waals surface area contributed by atoms with Gasteiger partial charge in [0.2, 0.25) is 0 Å². The number of carboxylic acid groups (broad SMARTS) is 1. The minimum atomic E-state index is -0.952. The first-order valence-electron chi connectivity index (χ1n) is 9.17. The number of benzene rings is 2. The summed E-state index contributed by atoms with van der Waals surface area (Å²) in [6, 6.07) is 15.6. The van der Waals surface area contributed by atoms with Crippen LogP contribution in [0.25, 0.3) is 10.9 Å². The van der Waals surface area contributed by atoms with E-state index in [4.69, 9.17) is 5.11 Å². The Balaban J connectivity index is 1.60. The monoisotopic (exact) mass is 376 g/mol. The summed E-state index contributed by atoms with van der Waals surface area (Å²) < 4.78 is 1.54. The van der Waals surface area contributed by atoms with Gasteiger partial charge in [-0.1, -0.05) is 30.3 Å². The second-order valence-electron chi connectivity index (χ2n) is 7.14. The Morgan fingerprint density at radius 3 is 2.50 bits per heavy atom. The minimum Gasteiger partial charge on any atom is -0.478 e. The normalized spacial score (nSPS) is 16.5. The van der Waals surface area contributed by atoms with E-state index in [1.807, 2.05) is 36.4 Å². The molecule has 1 amide bonds. The van der Waals surface area contributed by atoms with E-state index < -0.39 is 5.97 Å². The lowest BCUT2D eigenvalue weighted by molar-refractivity contribution is 0.0696. The van der Waals surface area contributed by atoms with Gasteiger partial charge >= 0.3 is 5.97 Å². The summed E-state index contributed by atoms with van der Waals surface area (Å²) in [5, 5.41) is 9.80. The Morgan fingerprint density at radius 1 is 1.07 bits per heavy atom. The Labute approximate surface area is 161 Å². The van der Waals surface area contributed by atoms with Gasteiger partial charge in [0, 0.05) is 37.5 Å². The molecular formula is C22H20N2O4. The zero-order valence-corrected chi connectivity index (χ0v) is 15.5. The summed E-state index contributed by atoms with van der Waals surface area (Å²) in [6.07, 6.45) is 0.806. The van der Waals surface area contributed by atoms with Gasteiger partial charge in [-0.25, -0.2) is 4.79 Å². The van der Waals surface area contributed by atoms with E-state index in [-0.39, 0.29) is 22.9 Å². The molecule has 0 unspecified atom stereocenters. The average Bonchev–Trinajstić information content (AvgIpc) is 3.20. The molecule has 3 aromatic rings. The number of carboxylic acids is 1. The number of aryl methyl sites for hydroxylation is 1. The molecule has 28 heavy (non-hydrogen) atoms. The van der Waals surface area contributed by atoms with Crippen molar-refractivity contribution in [2.24, 2.45) is 7.05 Å². The van der Waals surface area contributed by atoms with Gasteiger partial charge in [0.25, 0.3) is 11.5 Å². The fourth-order valence-corrected chi connectivity index (χ4v) is 3.87. The maximum Gasteiger partial charge on any atom is 0.335 e. The molecule has 1 aliphatic rings. The maximum absolute atomic E-state index is 13.1. The zero-order valence-electron chi connectivity index (χ0n) is 15.5. The Kier molecular flexibility index (Phi) is 4.47. The third-order valence-corrected chi connectivity index (χ3v) is 5.49. The van der Waals surface area contributed by atoms with Crippen molar-refractivity contribution in [1.29, 1.82) is 0 Å². The number of fused-ring (bicyclic) bond motifs is 1. The van der Waals surface area contributed by atoms with Gasteiger partial charge in [-0.15, -0.1) is 0 Å². The summed E-state index contributed by atoms with van der Waals surface area (Å²) in [5.74, 6) is -0.935. The van der Waals surface area contributed by atoms with Crippen molar-refractivity contribution >= 4 is 22.8 Å². The van der Waals surface area contributed by atoms with Crippen LogP contribution in [0.1, 0.15) is 38.6 Å².